The van der Waals surface area contributed by atoms with Crippen LogP contribution in [0.4, 0.5) is 0 Å². The molecule has 5 aliphatic carbocycles. The molecule has 4 bridgehead atoms. The summed E-state index contributed by atoms with van der Waals surface area (Å²) in [6.07, 6.45) is 1.45. The van der Waals surface area contributed by atoms with E-state index in [0.29, 0.717) is 63.3 Å². The molecule has 4 aromatic rings. The molecule has 228 valence electrons. The van der Waals surface area contributed by atoms with Crippen LogP contribution in [-0.4, -0.2) is 82.0 Å². The van der Waals surface area contributed by atoms with Crippen molar-refractivity contribution in [2.75, 3.05) is 65.9 Å². The normalized spacial score (nSPS) is 43.1. The van der Waals surface area contributed by atoms with Crippen molar-refractivity contribution in [3.05, 3.63) is 60.2 Å². The zero-order valence-electron chi connectivity index (χ0n) is 25.3. The highest BCUT2D eigenvalue weighted by atomic mass is 16.6. The van der Waals surface area contributed by atoms with Gasteiger partial charge in [0.1, 0.15) is 0 Å². The quantitative estimate of drug-likeness (QED) is 0.293. The Morgan fingerprint density at radius 3 is 1.82 bits per heavy atom. The maximum absolute atomic E-state index is 7.19. The fraction of sp³-hybridized carbons (Fsp3) is 0.579. The summed E-state index contributed by atoms with van der Waals surface area (Å²) in [7, 11) is 0. The first-order valence-electron chi connectivity index (χ1n) is 17.2. The summed E-state index contributed by atoms with van der Waals surface area (Å²) in [6, 6.07) is 20.3. The van der Waals surface area contributed by atoms with Gasteiger partial charge in [0.25, 0.3) is 0 Å². The zero-order valence-corrected chi connectivity index (χ0v) is 25.3. The van der Waals surface area contributed by atoms with E-state index in [-0.39, 0.29) is 11.2 Å². The van der Waals surface area contributed by atoms with Gasteiger partial charge in [-0.1, -0.05) is 54.6 Å². The minimum atomic E-state index is -0.0464. The van der Waals surface area contributed by atoms with Crippen LogP contribution in [0.25, 0.3) is 32.3 Å². The summed E-state index contributed by atoms with van der Waals surface area (Å²) < 4.78 is 32.4. The summed E-state index contributed by atoms with van der Waals surface area (Å²) >= 11 is 0. The summed E-state index contributed by atoms with van der Waals surface area (Å²) in [5.41, 5.74) is 1.27. The van der Waals surface area contributed by atoms with Gasteiger partial charge in [0, 0.05) is 19.6 Å². The monoisotopic (exact) mass is 591 g/mol. The van der Waals surface area contributed by atoms with E-state index in [0.717, 1.165) is 56.5 Å². The van der Waals surface area contributed by atoms with Crippen molar-refractivity contribution in [3.8, 4) is 0 Å². The molecule has 4 aromatic carbocycles. The average Bonchev–Trinajstić information content (AvgIpc) is 3.72. The Balaban J connectivity index is 0.811. The minimum absolute atomic E-state index is 0.0464. The SMILES string of the molecule is c1cc2ccc3ccc(CN4CCOCCOCC56OC7(COCCOCC4)C4C8CC(C9C8C7C95)C46)c4ccc(c1)c2c34. The van der Waals surface area contributed by atoms with Crippen molar-refractivity contribution in [3.63, 3.8) is 0 Å². The lowest BCUT2D eigenvalue weighted by atomic mass is 9.55. The molecule has 8 aliphatic rings. The summed E-state index contributed by atoms with van der Waals surface area (Å²) in [5, 5.41) is 8.04. The molecule has 6 nitrogen and oxygen atoms in total. The molecule has 3 saturated heterocycles. The maximum Gasteiger partial charge on any atom is 0.0992 e. The molecule has 0 N–H and O–H groups in total. The highest BCUT2D eigenvalue weighted by Gasteiger charge is 2.96. The first kappa shape index (κ1) is 25.8. The standard InChI is InChI=1S/C38H41NO5/c1-2-22-4-5-24-6-7-25(26-9-8-23(3-1)29(22)30(24)26)19-39-10-12-40-14-16-42-20-37-33-27-18-28-32-31(27)35(37)36(32)38(44-37,34(28)33)21-43-17-15-41-13-11-39/h1-9,27-28,31-36H,10-21H2. The molecule has 12 rings (SSSR count). The molecule has 5 saturated carbocycles. The Labute approximate surface area is 258 Å². The Hall–Kier alpha value is -2.32. The van der Waals surface area contributed by atoms with Gasteiger partial charge in [-0.15, -0.1) is 0 Å². The van der Waals surface area contributed by atoms with Crippen molar-refractivity contribution in [2.45, 2.75) is 24.2 Å². The third-order valence-corrected chi connectivity index (χ3v) is 13.7. The Morgan fingerprint density at radius 2 is 1.16 bits per heavy atom. The van der Waals surface area contributed by atoms with Gasteiger partial charge in [-0.05, 0) is 91.6 Å². The van der Waals surface area contributed by atoms with Crippen molar-refractivity contribution < 1.29 is 23.7 Å². The largest absolute Gasteiger partial charge is 0.378 e. The second kappa shape index (κ2) is 9.15. The van der Waals surface area contributed by atoms with Crippen LogP contribution in [-0.2, 0) is 30.2 Å². The van der Waals surface area contributed by atoms with Gasteiger partial charge in [-0.2, -0.15) is 0 Å². The molecule has 0 radical (unpaired) electrons. The summed E-state index contributed by atoms with van der Waals surface area (Å²) in [6.45, 7) is 8.00. The topological polar surface area (TPSA) is 49.4 Å². The van der Waals surface area contributed by atoms with Crippen LogP contribution >= 0.6 is 0 Å². The Kier molecular flexibility index (Phi) is 5.37. The molecule has 44 heavy (non-hydrogen) atoms. The van der Waals surface area contributed by atoms with Crippen molar-refractivity contribution in [1.29, 1.82) is 0 Å². The van der Waals surface area contributed by atoms with Crippen LogP contribution in [0.15, 0.2) is 54.6 Å². The number of hydrogen-bond donors (Lipinski definition) is 0. The summed E-state index contributed by atoms with van der Waals surface area (Å²) in [5.74, 6) is 6.42. The molecule has 3 heterocycles. The second-order valence-corrected chi connectivity index (χ2v) is 15.0. The molecule has 10 atom stereocenters. The van der Waals surface area contributed by atoms with Gasteiger partial charge in [0.2, 0.25) is 0 Å². The average molecular weight is 592 g/mol. The maximum atomic E-state index is 7.19. The summed E-state index contributed by atoms with van der Waals surface area (Å²) in [4.78, 5) is 2.48. The molecule has 10 unspecified atom stereocenters. The predicted molar refractivity (Wildman–Crippen MR) is 168 cm³/mol. The van der Waals surface area contributed by atoms with Crippen LogP contribution in [0.3, 0.4) is 0 Å². The Morgan fingerprint density at radius 1 is 0.591 bits per heavy atom. The van der Waals surface area contributed by atoms with E-state index >= 15 is 0 Å². The van der Waals surface area contributed by atoms with E-state index in [4.69, 9.17) is 23.7 Å². The van der Waals surface area contributed by atoms with Gasteiger partial charge in [-0.3, -0.25) is 4.90 Å². The fourth-order valence-corrected chi connectivity index (χ4v) is 12.7. The van der Waals surface area contributed by atoms with Crippen LogP contribution < -0.4 is 0 Å². The van der Waals surface area contributed by atoms with E-state index in [1.165, 1.54) is 44.3 Å². The van der Waals surface area contributed by atoms with E-state index in [2.05, 4.69) is 59.5 Å². The lowest BCUT2D eigenvalue weighted by Crippen LogP contribution is -2.54. The third kappa shape index (κ3) is 3.09. The molecule has 3 aliphatic heterocycles. The van der Waals surface area contributed by atoms with Crippen LogP contribution in [0.2, 0.25) is 0 Å². The number of rotatable bonds is 2. The van der Waals surface area contributed by atoms with Gasteiger partial charge in [0.15, 0.2) is 0 Å². The first-order chi connectivity index (χ1) is 21.8. The molecular weight excluding hydrogens is 550 g/mol. The van der Waals surface area contributed by atoms with E-state index in [1.54, 1.807) is 0 Å². The molecule has 2 spiro atoms. The number of benzene rings is 4. The van der Waals surface area contributed by atoms with Crippen LogP contribution in [0.1, 0.15) is 12.0 Å². The number of ether oxygens (including phenoxy) is 5. The molecular formula is C38H41NO5. The smallest absolute Gasteiger partial charge is 0.0992 e. The van der Waals surface area contributed by atoms with Gasteiger partial charge in [0.05, 0.1) is 64.1 Å². The van der Waals surface area contributed by atoms with Crippen molar-refractivity contribution >= 4 is 32.3 Å². The van der Waals surface area contributed by atoms with Crippen LogP contribution in [0, 0.1) is 47.3 Å². The van der Waals surface area contributed by atoms with Gasteiger partial charge >= 0.3 is 0 Å². The minimum Gasteiger partial charge on any atom is -0.378 e. The highest BCUT2D eigenvalue weighted by Crippen LogP contribution is 2.93. The number of hydrogen-bond acceptors (Lipinski definition) is 6. The van der Waals surface area contributed by atoms with Gasteiger partial charge < -0.3 is 23.7 Å². The van der Waals surface area contributed by atoms with Crippen molar-refractivity contribution in [1.82, 2.24) is 4.90 Å². The fourth-order valence-electron chi connectivity index (χ4n) is 12.7. The highest BCUT2D eigenvalue weighted by molar-refractivity contribution is 6.23. The molecule has 6 heteroatoms. The zero-order chi connectivity index (χ0) is 28.6. The molecule has 0 aromatic heterocycles. The first-order valence-corrected chi connectivity index (χ1v) is 17.2. The predicted octanol–water partition coefficient (Wildman–Crippen LogP) is 5.36. The lowest BCUT2D eigenvalue weighted by molar-refractivity contribution is -0.137. The van der Waals surface area contributed by atoms with Gasteiger partial charge in [-0.25, -0.2) is 0 Å². The van der Waals surface area contributed by atoms with E-state index in [9.17, 15) is 0 Å². The van der Waals surface area contributed by atoms with E-state index < -0.39 is 0 Å². The number of nitrogens with zero attached hydrogens (tertiary/aromatic N) is 1. The lowest BCUT2D eigenvalue weighted by Gasteiger charge is -2.47. The molecule has 0 amide bonds. The van der Waals surface area contributed by atoms with Crippen molar-refractivity contribution in [2.24, 2.45) is 47.3 Å². The van der Waals surface area contributed by atoms with E-state index in [1.807, 2.05) is 0 Å². The van der Waals surface area contributed by atoms with Crippen LogP contribution in [0.5, 0.6) is 0 Å². The second-order valence-electron chi connectivity index (χ2n) is 15.0. The third-order valence-electron chi connectivity index (χ3n) is 13.7. The Bertz CT molecular complexity index is 1700. The molecule has 8 fully saturated rings.